The normalized spacial score (nSPS) is 18.0. The molecule has 2 heterocycles. The minimum Gasteiger partial charge on any atom is -0.508 e. The number of nitrogens with one attached hydrogen (secondary N) is 2. The number of ether oxygens (including phenoxy) is 2. The summed E-state index contributed by atoms with van der Waals surface area (Å²) in [5.41, 5.74) is 0.884. The van der Waals surface area contributed by atoms with Crippen molar-refractivity contribution in [2.45, 2.75) is 117 Å². The van der Waals surface area contributed by atoms with Gasteiger partial charge in [-0.1, -0.05) is 59.6 Å². The fraction of sp³-hybridized carbons (Fsp3) is 0.650. The van der Waals surface area contributed by atoms with Crippen LogP contribution in [0.3, 0.4) is 0 Å². The molecule has 3 rings (SSSR count). The number of nitrogens with zero attached hydrogens (tertiary/aromatic N) is 3. The van der Waals surface area contributed by atoms with Crippen LogP contribution >= 0.6 is 11.3 Å². The van der Waals surface area contributed by atoms with Gasteiger partial charge in [-0.2, -0.15) is 0 Å². The molecule has 1 fully saturated rings. The second-order valence-electron chi connectivity index (χ2n) is 15.1. The molecule has 2 aromatic rings. The molecule has 4 N–H and O–H groups in total. The Morgan fingerprint density at radius 3 is 2.33 bits per heavy atom. The first-order valence-corrected chi connectivity index (χ1v) is 20.2. The van der Waals surface area contributed by atoms with Gasteiger partial charge >= 0.3 is 11.9 Å². The van der Waals surface area contributed by atoms with Crippen LogP contribution in [0.25, 0.3) is 0 Å². The number of phenols is 1. The highest BCUT2D eigenvalue weighted by Gasteiger charge is 2.39. The molecule has 1 aliphatic heterocycles. The standard InChI is InChI=1S/C40H61N5O9S/c1-9-25(4)35(43-37(49)32-12-10-11-17-44(32)7)39(50)45(18-19-53-8)33(24(2)3)22-34(54-27(6)46)38-42-31(23-55-38)36(48)41-29(20-26(5)40(51)52)21-28-13-15-30(47)16-14-28/h13-16,23-26,29,32-35,47H,9-12,17-22H2,1-8H3,(H,41,48)(H,43,49)(H,51,52). The summed E-state index contributed by atoms with van der Waals surface area (Å²) in [7, 11) is 3.49. The number of amides is 3. The third-order valence-corrected chi connectivity index (χ3v) is 11.4. The van der Waals surface area contributed by atoms with Gasteiger partial charge in [0.2, 0.25) is 11.8 Å². The predicted octanol–water partition coefficient (Wildman–Crippen LogP) is 4.81. The summed E-state index contributed by atoms with van der Waals surface area (Å²) in [4.78, 5) is 74.3. The molecule has 7 unspecified atom stereocenters. The quantitative estimate of drug-likeness (QED) is 0.127. The second kappa shape index (κ2) is 21.9. The summed E-state index contributed by atoms with van der Waals surface area (Å²) in [5, 5.41) is 27.2. The summed E-state index contributed by atoms with van der Waals surface area (Å²) in [6.07, 6.45) is 3.12. The van der Waals surface area contributed by atoms with Crippen LogP contribution in [0.15, 0.2) is 29.6 Å². The molecule has 55 heavy (non-hydrogen) atoms. The van der Waals surface area contributed by atoms with Crippen molar-refractivity contribution < 1.29 is 43.7 Å². The molecule has 14 nitrogen and oxygen atoms in total. The number of thiazole rings is 1. The van der Waals surface area contributed by atoms with E-state index < -0.39 is 48.0 Å². The van der Waals surface area contributed by atoms with Crippen molar-refractivity contribution in [3.05, 3.63) is 45.9 Å². The summed E-state index contributed by atoms with van der Waals surface area (Å²) < 4.78 is 11.3. The molecule has 306 valence electrons. The molecule has 1 saturated heterocycles. The number of carbonyl (C=O) groups is 5. The number of carboxylic acid groups (broad SMARTS) is 1. The monoisotopic (exact) mass is 787 g/mol. The topological polar surface area (TPSA) is 188 Å². The number of phenolic OH excluding ortho intramolecular Hbond substituents is 1. The fourth-order valence-electron chi connectivity index (χ4n) is 6.96. The summed E-state index contributed by atoms with van der Waals surface area (Å²) in [5.74, 6) is -3.38. The Bertz CT molecular complexity index is 1570. The lowest BCUT2D eigenvalue weighted by Crippen LogP contribution is -2.59. The molecule has 1 aromatic carbocycles. The third kappa shape index (κ3) is 13.6. The van der Waals surface area contributed by atoms with Gasteiger partial charge in [-0.15, -0.1) is 11.3 Å². The van der Waals surface area contributed by atoms with Crippen molar-refractivity contribution in [1.82, 2.24) is 25.4 Å². The zero-order valence-corrected chi connectivity index (χ0v) is 34.4. The van der Waals surface area contributed by atoms with Gasteiger partial charge in [-0.3, -0.25) is 28.9 Å². The number of aromatic hydroxyl groups is 1. The first-order chi connectivity index (χ1) is 26.1. The molecule has 0 spiro atoms. The number of likely N-dealkylation sites (N-methyl/N-ethyl adjacent to an activating group) is 1. The molecule has 0 bridgehead atoms. The Morgan fingerprint density at radius 1 is 1.05 bits per heavy atom. The van der Waals surface area contributed by atoms with Crippen LogP contribution < -0.4 is 10.6 Å². The Kier molecular flexibility index (Phi) is 18.0. The van der Waals surface area contributed by atoms with E-state index in [-0.39, 0.29) is 67.1 Å². The van der Waals surface area contributed by atoms with Gasteiger partial charge in [0, 0.05) is 44.5 Å². The minimum atomic E-state index is -0.988. The number of benzene rings is 1. The maximum absolute atomic E-state index is 14.6. The Balaban J connectivity index is 1.90. The molecule has 7 atom stereocenters. The molecule has 1 aromatic heterocycles. The van der Waals surface area contributed by atoms with Crippen LogP contribution in [0.4, 0.5) is 0 Å². The first-order valence-electron chi connectivity index (χ1n) is 19.3. The lowest BCUT2D eigenvalue weighted by atomic mass is 9.92. The summed E-state index contributed by atoms with van der Waals surface area (Å²) in [6.45, 7) is 12.0. The van der Waals surface area contributed by atoms with Crippen LogP contribution in [-0.2, 0) is 35.1 Å². The molecule has 1 aliphatic rings. The number of carbonyl (C=O) groups excluding carboxylic acids is 4. The lowest BCUT2D eigenvalue weighted by molar-refractivity contribution is -0.150. The predicted molar refractivity (Wildman–Crippen MR) is 210 cm³/mol. The van der Waals surface area contributed by atoms with Crippen LogP contribution in [0.2, 0.25) is 0 Å². The number of piperidine rings is 1. The van der Waals surface area contributed by atoms with Gasteiger partial charge in [0.15, 0.2) is 6.10 Å². The molecular weight excluding hydrogens is 727 g/mol. The Labute approximate surface area is 329 Å². The van der Waals surface area contributed by atoms with Crippen molar-refractivity contribution in [3.8, 4) is 5.75 Å². The van der Waals surface area contributed by atoms with E-state index in [4.69, 9.17) is 9.47 Å². The highest BCUT2D eigenvalue weighted by molar-refractivity contribution is 7.09. The Hall–Kier alpha value is -4.08. The number of aromatic nitrogens is 1. The number of aliphatic carboxylic acids is 1. The average molecular weight is 788 g/mol. The Morgan fingerprint density at radius 2 is 1.75 bits per heavy atom. The highest BCUT2D eigenvalue weighted by atomic mass is 32.1. The zero-order chi connectivity index (χ0) is 40.8. The van der Waals surface area contributed by atoms with Crippen molar-refractivity contribution in [2.75, 3.05) is 33.9 Å². The van der Waals surface area contributed by atoms with Gasteiger partial charge in [-0.05, 0) is 68.8 Å². The van der Waals surface area contributed by atoms with Crippen LogP contribution in [0, 0.1) is 17.8 Å². The average Bonchev–Trinajstić information content (AvgIpc) is 3.64. The smallest absolute Gasteiger partial charge is 0.306 e. The number of hydrogen-bond donors (Lipinski definition) is 4. The zero-order valence-electron chi connectivity index (χ0n) is 33.6. The number of methoxy groups -OCH3 is 1. The fourth-order valence-corrected chi connectivity index (χ4v) is 7.80. The number of esters is 1. The molecule has 15 heteroatoms. The number of hydrogen-bond acceptors (Lipinski definition) is 11. The van der Waals surface area contributed by atoms with E-state index in [0.29, 0.717) is 17.8 Å². The van der Waals surface area contributed by atoms with Gasteiger partial charge in [-0.25, -0.2) is 4.98 Å². The third-order valence-electron chi connectivity index (χ3n) is 10.4. The number of rotatable bonds is 21. The summed E-state index contributed by atoms with van der Waals surface area (Å²) >= 11 is 1.15. The van der Waals surface area contributed by atoms with Gasteiger partial charge in [0.25, 0.3) is 5.91 Å². The number of carboxylic acids is 1. The van der Waals surface area contributed by atoms with E-state index in [1.165, 1.54) is 19.1 Å². The molecule has 3 amide bonds. The highest BCUT2D eigenvalue weighted by Crippen LogP contribution is 2.32. The van der Waals surface area contributed by atoms with Gasteiger partial charge < -0.3 is 35.2 Å². The van der Waals surface area contributed by atoms with E-state index in [2.05, 4.69) is 15.6 Å². The van der Waals surface area contributed by atoms with Gasteiger partial charge in [0.1, 0.15) is 22.5 Å². The van der Waals surface area contributed by atoms with Crippen LogP contribution in [0.1, 0.15) is 107 Å². The maximum Gasteiger partial charge on any atom is 0.306 e. The van der Waals surface area contributed by atoms with E-state index in [9.17, 15) is 34.2 Å². The molecular formula is C40H61N5O9S. The lowest BCUT2D eigenvalue weighted by Gasteiger charge is -2.40. The SMILES string of the molecule is CCC(C)C(NC(=O)C1CCCCN1C)C(=O)N(CCOC)C(CC(OC(C)=O)c1nc(C(=O)NC(Cc2ccc(O)cc2)CC(C)C(=O)O)cs1)C(C)C. The first kappa shape index (κ1) is 45.3. The van der Waals surface area contributed by atoms with Crippen molar-refractivity contribution in [1.29, 1.82) is 0 Å². The molecule has 0 radical (unpaired) electrons. The van der Waals surface area contributed by atoms with Crippen LogP contribution in [-0.4, -0.2) is 113 Å². The van der Waals surface area contributed by atoms with E-state index in [1.54, 1.807) is 36.4 Å². The second-order valence-corrected chi connectivity index (χ2v) is 16.0. The van der Waals surface area contributed by atoms with Crippen molar-refractivity contribution in [2.24, 2.45) is 17.8 Å². The van der Waals surface area contributed by atoms with Gasteiger partial charge in [0.05, 0.1) is 18.6 Å². The van der Waals surface area contributed by atoms with E-state index in [1.807, 2.05) is 39.6 Å². The van der Waals surface area contributed by atoms with Crippen molar-refractivity contribution >= 4 is 41.0 Å². The van der Waals surface area contributed by atoms with E-state index in [0.717, 1.165) is 42.7 Å². The summed E-state index contributed by atoms with van der Waals surface area (Å²) in [6, 6.07) is 4.36. The largest absolute Gasteiger partial charge is 0.508 e. The maximum atomic E-state index is 14.6. The van der Waals surface area contributed by atoms with Crippen LogP contribution in [0.5, 0.6) is 5.75 Å². The van der Waals surface area contributed by atoms with E-state index >= 15 is 0 Å². The number of likely N-dealkylation sites (tertiary alicyclic amines) is 1. The molecule has 0 saturated carbocycles. The minimum absolute atomic E-state index is 0.0801. The van der Waals surface area contributed by atoms with Crippen molar-refractivity contribution in [3.63, 3.8) is 0 Å². The molecule has 0 aliphatic carbocycles.